The van der Waals surface area contributed by atoms with Crippen molar-refractivity contribution in [2.75, 3.05) is 18.0 Å². The summed E-state index contributed by atoms with van der Waals surface area (Å²) in [7, 11) is 0. The van der Waals surface area contributed by atoms with Gasteiger partial charge in [0.2, 0.25) is 5.95 Å². The van der Waals surface area contributed by atoms with Crippen LogP contribution < -0.4 is 10.2 Å². The minimum atomic E-state index is 0.469. The molecule has 1 fully saturated rings. The summed E-state index contributed by atoms with van der Waals surface area (Å²) in [5, 5.41) is 12.0. The zero-order chi connectivity index (χ0) is 13.1. The van der Waals surface area contributed by atoms with E-state index in [1.807, 2.05) is 13.8 Å². The molecule has 5 nitrogen and oxygen atoms in total. The van der Waals surface area contributed by atoms with Gasteiger partial charge in [0.1, 0.15) is 0 Å². The van der Waals surface area contributed by atoms with Gasteiger partial charge in [-0.05, 0) is 26.7 Å². The first-order valence-corrected chi connectivity index (χ1v) is 6.83. The summed E-state index contributed by atoms with van der Waals surface area (Å²) in [5.41, 5.74) is 1.88. The predicted octanol–water partition coefficient (Wildman–Crippen LogP) is 1.46. The maximum absolute atomic E-state index is 4.59. The van der Waals surface area contributed by atoms with Crippen molar-refractivity contribution in [3.05, 3.63) is 11.4 Å². The van der Waals surface area contributed by atoms with Gasteiger partial charge in [-0.2, -0.15) is 5.10 Å². The molecule has 18 heavy (non-hydrogen) atoms. The first-order chi connectivity index (χ1) is 8.65. The second-order valence-corrected chi connectivity index (χ2v) is 5.01. The number of nitrogens with zero attached hydrogens (tertiary/aromatic N) is 4. The Hall–Kier alpha value is -1.23. The van der Waals surface area contributed by atoms with Crippen LogP contribution in [0.25, 0.3) is 0 Å². The van der Waals surface area contributed by atoms with Crippen molar-refractivity contribution < 1.29 is 0 Å². The average Bonchev–Trinajstić information content (AvgIpc) is 2.41. The fourth-order valence-electron chi connectivity index (χ4n) is 2.31. The number of rotatable bonds is 3. The van der Waals surface area contributed by atoms with E-state index in [0.29, 0.717) is 12.1 Å². The van der Waals surface area contributed by atoms with Crippen LogP contribution in [0.4, 0.5) is 5.95 Å². The van der Waals surface area contributed by atoms with E-state index in [4.69, 9.17) is 0 Å². The third-order valence-corrected chi connectivity index (χ3v) is 3.80. The average molecular weight is 249 g/mol. The second-order valence-electron chi connectivity index (χ2n) is 5.01. The van der Waals surface area contributed by atoms with E-state index in [0.717, 1.165) is 43.3 Å². The van der Waals surface area contributed by atoms with Crippen LogP contribution in [-0.4, -0.2) is 40.4 Å². The summed E-state index contributed by atoms with van der Waals surface area (Å²) in [6.45, 7) is 10.3. The Morgan fingerprint density at radius 2 is 1.94 bits per heavy atom. The molecule has 0 radical (unpaired) electrons. The van der Waals surface area contributed by atoms with E-state index >= 15 is 0 Å². The highest BCUT2D eigenvalue weighted by Crippen LogP contribution is 2.18. The van der Waals surface area contributed by atoms with Gasteiger partial charge in [0.15, 0.2) is 0 Å². The Morgan fingerprint density at radius 3 is 2.56 bits per heavy atom. The Morgan fingerprint density at radius 1 is 1.17 bits per heavy atom. The van der Waals surface area contributed by atoms with Crippen LogP contribution in [0.2, 0.25) is 0 Å². The van der Waals surface area contributed by atoms with Gasteiger partial charge in [0.25, 0.3) is 0 Å². The molecule has 1 aromatic rings. The molecule has 2 rings (SSSR count). The van der Waals surface area contributed by atoms with Gasteiger partial charge in [0.05, 0.1) is 11.4 Å². The van der Waals surface area contributed by atoms with Crippen LogP contribution in [-0.2, 0) is 0 Å². The molecule has 0 amide bonds. The van der Waals surface area contributed by atoms with Gasteiger partial charge in [-0.25, -0.2) is 4.98 Å². The molecule has 2 unspecified atom stereocenters. The third kappa shape index (κ3) is 2.61. The van der Waals surface area contributed by atoms with E-state index < -0.39 is 0 Å². The Bertz CT molecular complexity index is 406. The molecule has 5 heteroatoms. The summed E-state index contributed by atoms with van der Waals surface area (Å²) in [6.07, 6.45) is 2.23. The number of hydrogen-bond acceptors (Lipinski definition) is 5. The Kier molecular flexibility index (Phi) is 4.11. The van der Waals surface area contributed by atoms with Gasteiger partial charge in [-0.15, -0.1) is 5.10 Å². The number of anilines is 1. The maximum Gasteiger partial charge on any atom is 0.245 e. The molecule has 2 heterocycles. The van der Waals surface area contributed by atoms with Crippen molar-refractivity contribution in [1.29, 1.82) is 0 Å². The molecular formula is C13H23N5. The Balaban J connectivity index is 2.23. The highest BCUT2D eigenvalue weighted by molar-refractivity contribution is 5.33. The lowest BCUT2D eigenvalue weighted by molar-refractivity contribution is 0.373. The van der Waals surface area contributed by atoms with Crippen molar-refractivity contribution in [3.8, 4) is 0 Å². The number of aromatic nitrogens is 3. The van der Waals surface area contributed by atoms with E-state index in [-0.39, 0.29) is 0 Å². The quantitative estimate of drug-likeness (QED) is 0.879. The molecule has 0 saturated carbocycles. The summed E-state index contributed by atoms with van der Waals surface area (Å²) in [4.78, 5) is 6.90. The first-order valence-electron chi connectivity index (χ1n) is 6.83. The van der Waals surface area contributed by atoms with Crippen LogP contribution >= 0.6 is 0 Å². The second kappa shape index (κ2) is 5.61. The molecule has 100 valence electrons. The van der Waals surface area contributed by atoms with Crippen LogP contribution in [0.3, 0.4) is 0 Å². The van der Waals surface area contributed by atoms with Crippen LogP contribution in [0.1, 0.15) is 38.1 Å². The number of piperazine rings is 1. The van der Waals surface area contributed by atoms with Gasteiger partial charge in [0, 0.05) is 25.2 Å². The molecule has 2 atom stereocenters. The van der Waals surface area contributed by atoms with Gasteiger partial charge in [-0.3, -0.25) is 0 Å². The van der Waals surface area contributed by atoms with Crippen molar-refractivity contribution in [2.45, 2.75) is 52.6 Å². The van der Waals surface area contributed by atoms with Crippen LogP contribution in [0.5, 0.6) is 0 Å². The fraction of sp³-hybridized carbons (Fsp3) is 0.769. The van der Waals surface area contributed by atoms with E-state index in [9.17, 15) is 0 Å². The van der Waals surface area contributed by atoms with E-state index in [1.54, 1.807) is 0 Å². The lowest BCUT2D eigenvalue weighted by atomic mass is 10.1. The van der Waals surface area contributed by atoms with E-state index in [2.05, 4.69) is 39.2 Å². The van der Waals surface area contributed by atoms with Gasteiger partial charge >= 0.3 is 0 Å². The van der Waals surface area contributed by atoms with Crippen molar-refractivity contribution >= 4 is 5.95 Å². The number of aryl methyl sites for hydroxylation is 2. The third-order valence-electron chi connectivity index (χ3n) is 3.80. The molecule has 1 N–H and O–H groups in total. The largest absolute Gasteiger partial charge is 0.334 e. The van der Waals surface area contributed by atoms with Crippen LogP contribution in [0, 0.1) is 13.8 Å². The highest BCUT2D eigenvalue weighted by Gasteiger charge is 2.28. The monoisotopic (exact) mass is 249 g/mol. The molecular weight excluding hydrogens is 226 g/mol. The summed E-state index contributed by atoms with van der Waals surface area (Å²) in [5.74, 6) is 0.782. The van der Waals surface area contributed by atoms with Crippen LogP contribution in [0.15, 0.2) is 0 Å². The molecule has 1 saturated heterocycles. The molecule has 0 bridgehead atoms. The van der Waals surface area contributed by atoms with Gasteiger partial charge < -0.3 is 10.2 Å². The first kappa shape index (κ1) is 13.2. The number of nitrogens with one attached hydrogen (secondary N) is 1. The van der Waals surface area contributed by atoms with Crippen molar-refractivity contribution in [3.63, 3.8) is 0 Å². The molecule has 0 aliphatic carbocycles. The number of hydrogen-bond donors (Lipinski definition) is 1. The minimum absolute atomic E-state index is 0.469. The Labute approximate surface area is 109 Å². The molecule has 1 aliphatic rings. The smallest absolute Gasteiger partial charge is 0.245 e. The standard InChI is InChI=1S/C13H23N5/c1-5-11-8-18(12(6-2)7-14-11)13-15-9(3)10(4)16-17-13/h11-12,14H,5-8H2,1-4H3. The predicted molar refractivity (Wildman–Crippen MR) is 72.8 cm³/mol. The zero-order valence-electron chi connectivity index (χ0n) is 11.8. The minimum Gasteiger partial charge on any atom is -0.334 e. The summed E-state index contributed by atoms with van der Waals surface area (Å²) < 4.78 is 0. The van der Waals surface area contributed by atoms with Crippen molar-refractivity contribution in [2.24, 2.45) is 0 Å². The summed E-state index contributed by atoms with van der Waals surface area (Å²) >= 11 is 0. The highest BCUT2D eigenvalue weighted by atomic mass is 15.4. The SMILES string of the molecule is CCC1CN(c2nnc(C)c(C)n2)C(CC)CN1. The zero-order valence-corrected chi connectivity index (χ0v) is 11.8. The maximum atomic E-state index is 4.59. The molecule has 0 aromatic carbocycles. The van der Waals surface area contributed by atoms with Crippen molar-refractivity contribution in [1.82, 2.24) is 20.5 Å². The summed E-state index contributed by atoms with van der Waals surface area (Å²) in [6, 6.07) is 0.995. The lowest BCUT2D eigenvalue weighted by Gasteiger charge is -2.39. The molecule has 0 spiro atoms. The lowest BCUT2D eigenvalue weighted by Crippen LogP contribution is -2.56. The fourth-order valence-corrected chi connectivity index (χ4v) is 2.31. The van der Waals surface area contributed by atoms with E-state index in [1.165, 1.54) is 0 Å². The normalized spacial score (nSPS) is 24.3. The molecule has 1 aliphatic heterocycles. The topological polar surface area (TPSA) is 53.9 Å². The molecule has 1 aromatic heterocycles. The van der Waals surface area contributed by atoms with Gasteiger partial charge in [-0.1, -0.05) is 13.8 Å².